The molecule has 0 aliphatic heterocycles. The molecule has 2 aromatic carbocycles. The number of hydrogen-bond acceptors (Lipinski definition) is 5. The zero-order chi connectivity index (χ0) is 19.3. The quantitative estimate of drug-likeness (QED) is 0.381. The first-order valence-corrected chi connectivity index (χ1v) is 8.68. The number of allylic oxidation sites excluding steroid dienone is 1. The Morgan fingerprint density at radius 2 is 1.81 bits per heavy atom. The van der Waals surface area contributed by atoms with Gasteiger partial charge in [-0.25, -0.2) is 4.79 Å². The van der Waals surface area contributed by atoms with E-state index in [0.29, 0.717) is 12.2 Å². The normalized spacial score (nSPS) is 11.7. The van der Waals surface area contributed by atoms with Gasteiger partial charge in [-0.3, -0.25) is 0 Å². The summed E-state index contributed by atoms with van der Waals surface area (Å²) in [6.07, 6.45) is 0. The van der Waals surface area contributed by atoms with Gasteiger partial charge >= 0.3 is 5.97 Å². The van der Waals surface area contributed by atoms with Gasteiger partial charge in [-0.2, -0.15) is 0 Å². The van der Waals surface area contributed by atoms with E-state index in [0.717, 1.165) is 5.56 Å². The number of carbonyl (C=O) groups is 1. The van der Waals surface area contributed by atoms with Crippen molar-refractivity contribution in [2.45, 2.75) is 20.4 Å². The SMILES string of the molecule is CCOC(=O)/C(=C(\C)NCc1ccccc1)c1cc(O)c(Cl)c(Cl)c1O. The summed E-state index contributed by atoms with van der Waals surface area (Å²) in [7, 11) is 0. The molecule has 26 heavy (non-hydrogen) atoms. The summed E-state index contributed by atoms with van der Waals surface area (Å²) < 4.78 is 5.09. The van der Waals surface area contributed by atoms with E-state index in [1.54, 1.807) is 13.8 Å². The minimum Gasteiger partial charge on any atom is -0.506 e. The maximum absolute atomic E-state index is 12.5. The Bertz CT molecular complexity index is 835. The molecular formula is C19H19Cl2NO4. The summed E-state index contributed by atoms with van der Waals surface area (Å²) >= 11 is 11.8. The summed E-state index contributed by atoms with van der Waals surface area (Å²) in [5.74, 6) is -1.40. The lowest BCUT2D eigenvalue weighted by molar-refractivity contribution is -0.136. The minimum absolute atomic E-state index is 0.0356. The summed E-state index contributed by atoms with van der Waals surface area (Å²) in [6, 6.07) is 10.8. The Labute approximate surface area is 161 Å². The van der Waals surface area contributed by atoms with Crippen LogP contribution in [0.5, 0.6) is 11.5 Å². The molecule has 0 unspecified atom stereocenters. The fourth-order valence-corrected chi connectivity index (χ4v) is 2.72. The Kier molecular flexibility index (Phi) is 6.77. The molecule has 0 fully saturated rings. The van der Waals surface area contributed by atoms with E-state index in [1.165, 1.54) is 6.07 Å². The smallest absolute Gasteiger partial charge is 0.340 e. The van der Waals surface area contributed by atoms with Crippen molar-refractivity contribution in [3.05, 3.63) is 63.3 Å². The molecule has 0 amide bonds. The number of carbonyl (C=O) groups excluding carboxylic acids is 1. The highest BCUT2D eigenvalue weighted by atomic mass is 35.5. The highest BCUT2D eigenvalue weighted by Crippen LogP contribution is 2.43. The Balaban J connectivity index is 2.48. The molecule has 0 heterocycles. The van der Waals surface area contributed by atoms with E-state index in [-0.39, 0.29) is 33.5 Å². The number of ether oxygens (including phenoxy) is 1. The molecule has 0 saturated heterocycles. The van der Waals surface area contributed by atoms with Gasteiger partial charge in [0.25, 0.3) is 0 Å². The van der Waals surface area contributed by atoms with Crippen molar-refractivity contribution in [2.75, 3.05) is 6.61 Å². The van der Waals surface area contributed by atoms with Gasteiger partial charge in [-0.05, 0) is 25.5 Å². The van der Waals surface area contributed by atoms with E-state index in [9.17, 15) is 15.0 Å². The predicted octanol–water partition coefficient (Wildman–Crippen LogP) is 4.49. The van der Waals surface area contributed by atoms with Crippen LogP contribution in [0, 0.1) is 0 Å². The van der Waals surface area contributed by atoms with Crippen molar-refractivity contribution in [3.8, 4) is 11.5 Å². The molecular weight excluding hydrogens is 377 g/mol. The van der Waals surface area contributed by atoms with Crippen molar-refractivity contribution >= 4 is 34.7 Å². The summed E-state index contributed by atoms with van der Waals surface area (Å²) in [5.41, 5.74) is 1.57. The average Bonchev–Trinajstić information content (AvgIpc) is 2.63. The number of benzene rings is 2. The van der Waals surface area contributed by atoms with Gasteiger partial charge in [0.15, 0.2) is 0 Å². The highest BCUT2D eigenvalue weighted by Gasteiger charge is 2.24. The van der Waals surface area contributed by atoms with Gasteiger partial charge in [0.05, 0.1) is 12.2 Å². The number of phenolic OH excluding ortho intramolecular Hbond substituents is 2. The number of hydrogen-bond donors (Lipinski definition) is 3. The lowest BCUT2D eigenvalue weighted by atomic mass is 10.0. The van der Waals surface area contributed by atoms with Crippen molar-refractivity contribution in [1.82, 2.24) is 5.32 Å². The van der Waals surface area contributed by atoms with E-state index < -0.39 is 11.7 Å². The predicted molar refractivity (Wildman–Crippen MR) is 102 cm³/mol. The molecule has 0 spiro atoms. The lowest BCUT2D eigenvalue weighted by Crippen LogP contribution is -2.17. The largest absolute Gasteiger partial charge is 0.506 e. The van der Waals surface area contributed by atoms with Crippen LogP contribution in [0.25, 0.3) is 5.57 Å². The second-order valence-electron chi connectivity index (χ2n) is 5.48. The fraction of sp³-hybridized carbons (Fsp3) is 0.211. The molecule has 7 heteroatoms. The summed E-state index contributed by atoms with van der Waals surface area (Å²) in [4.78, 5) is 12.5. The van der Waals surface area contributed by atoms with Crippen LogP contribution < -0.4 is 5.32 Å². The second-order valence-corrected chi connectivity index (χ2v) is 6.24. The second kappa shape index (κ2) is 8.83. The van der Waals surface area contributed by atoms with Gasteiger partial charge < -0.3 is 20.3 Å². The molecule has 0 radical (unpaired) electrons. The zero-order valence-electron chi connectivity index (χ0n) is 14.3. The first kappa shape index (κ1) is 19.9. The van der Waals surface area contributed by atoms with Gasteiger partial charge in [0.2, 0.25) is 0 Å². The monoisotopic (exact) mass is 395 g/mol. The Hall–Kier alpha value is -2.37. The molecule has 0 aromatic heterocycles. The third-order valence-corrected chi connectivity index (χ3v) is 4.53. The molecule has 0 bridgehead atoms. The van der Waals surface area contributed by atoms with Gasteiger partial charge in [0.1, 0.15) is 21.5 Å². The van der Waals surface area contributed by atoms with E-state index in [2.05, 4.69) is 5.32 Å². The maximum Gasteiger partial charge on any atom is 0.340 e. The third-order valence-electron chi connectivity index (χ3n) is 3.69. The van der Waals surface area contributed by atoms with Crippen molar-refractivity contribution < 1.29 is 19.7 Å². The minimum atomic E-state index is -0.654. The van der Waals surface area contributed by atoms with E-state index in [1.807, 2.05) is 30.3 Å². The van der Waals surface area contributed by atoms with E-state index >= 15 is 0 Å². The van der Waals surface area contributed by atoms with Crippen molar-refractivity contribution in [1.29, 1.82) is 0 Å². The molecule has 5 nitrogen and oxygen atoms in total. The van der Waals surface area contributed by atoms with Crippen LogP contribution in [0.1, 0.15) is 25.0 Å². The van der Waals surface area contributed by atoms with Crippen molar-refractivity contribution in [2.24, 2.45) is 0 Å². The maximum atomic E-state index is 12.5. The molecule has 3 N–H and O–H groups in total. The molecule has 0 atom stereocenters. The Morgan fingerprint density at radius 3 is 2.42 bits per heavy atom. The Morgan fingerprint density at radius 1 is 1.15 bits per heavy atom. The topological polar surface area (TPSA) is 78.8 Å². The van der Waals surface area contributed by atoms with Gasteiger partial charge in [0, 0.05) is 17.8 Å². The standard InChI is InChI=1S/C19H19Cl2NO4/c1-3-26-19(25)15(11(2)22-10-12-7-5-4-6-8-12)13-9-14(23)16(20)17(21)18(13)24/h4-9,22-24H,3,10H2,1-2H3/b15-11+. The van der Waals surface area contributed by atoms with Gasteiger partial charge in [-0.1, -0.05) is 53.5 Å². The third kappa shape index (κ3) is 4.42. The number of aromatic hydroxyl groups is 2. The molecule has 138 valence electrons. The van der Waals surface area contributed by atoms with Crippen LogP contribution in [-0.2, 0) is 16.1 Å². The molecule has 0 saturated carbocycles. The fourth-order valence-electron chi connectivity index (χ4n) is 2.38. The number of nitrogens with one attached hydrogen (secondary N) is 1. The van der Waals surface area contributed by atoms with Crippen LogP contribution in [0.4, 0.5) is 0 Å². The van der Waals surface area contributed by atoms with Crippen molar-refractivity contribution in [3.63, 3.8) is 0 Å². The zero-order valence-corrected chi connectivity index (χ0v) is 15.9. The first-order chi connectivity index (χ1) is 12.4. The first-order valence-electron chi connectivity index (χ1n) is 7.92. The highest BCUT2D eigenvalue weighted by molar-refractivity contribution is 6.44. The van der Waals surface area contributed by atoms with Crippen LogP contribution in [0.3, 0.4) is 0 Å². The lowest BCUT2D eigenvalue weighted by Gasteiger charge is -2.16. The number of esters is 1. The van der Waals surface area contributed by atoms with Gasteiger partial charge in [-0.15, -0.1) is 0 Å². The molecule has 2 rings (SSSR count). The van der Waals surface area contributed by atoms with E-state index in [4.69, 9.17) is 27.9 Å². The molecule has 2 aromatic rings. The van der Waals surface area contributed by atoms with Crippen LogP contribution >= 0.6 is 23.2 Å². The number of phenols is 2. The summed E-state index contributed by atoms with van der Waals surface area (Å²) in [6.45, 7) is 3.97. The van der Waals surface area contributed by atoms with Crippen LogP contribution in [0.2, 0.25) is 10.0 Å². The summed E-state index contributed by atoms with van der Waals surface area (Å²) in [5, 5.41) is 23.0. The average molecular weight is 396 g/mol. The van der Waals surface area contributed by atoms with Crippen LogP contribution in [-0.4, -0.2) is 22.8 Å². The number of rotatable bonds is 6. The molecule has 0 aliphatic rings. The van der Waals surface area contributed by atoms with Crippen LogP contribution in [0.15, 0.2) is 42.1 Å². The number of halogens is 2. The molecule has 0 aliphatic carbocycles.